The molecule has 0 atom stereocenters. The third-order valence-electron chi connectivity index (χ3n) is 2.23. The van der Waals surface area contributed by atoms with Crippen molar-refractivity contribution in [2.24, 2.45) is 10.9 Å². The van der Waals surface area contributed by atoms with Gasteiger partial charge in [0.1, 0.15) is 13.0 Å². The van der Waals surface area contributed by atoms with Gasteiger partial charge in [-0.25, -0.2) is 5.84 Å². The topological polar surface area (TPSA) is 88.0 Å². The molecule has 7 heteroatoms. The van der Waals surface area contributed by atoms with Crippen molar-refractivity contribution < 1.29 is 4.92 Å². The number of hydrogen-bond donors (Lipinski definition) is 1. The van der Waals surface area contributed by atoms with E-state index in [2.05, 4.69) is 5.10 Å². The predicted molar refractivity (Wildman–Crippen MR) is 58.0 cm³/mol. The molecule has 0 amide bonds. The van der Waals surface area contributed by atoms with Crippen LogP contribution in [0.25, 0.3) is 0 Å². The summed E-state index contributed by atoms with van der Waals surface area (Å²) in [5, 5.41) is 17.8. The molecular formula is C9H11N5O2. The number of hydrazine groups is 1. The van der Waals surface area contributed by atoms with Gasteiger partial charge in [-0.1, -0.05) is 18.2 Å². The van der Waals surface area contributed by atoms with Gasteiger partial charge in [0.25, 0.3) is 5.69 Å². The van der Waals surface area contributed by atoms with Crippen molar-refractivity contribution in [3.8, 4) is 0 Å². The summed E-state index contributed by atoms with van der Waals surface area (Å²) >= 11 is 0. The van der Waals surface area contributed by atoms with Crippen molar-refractivity contribution in [2.45, 2.75) is 6.54 Å². The van der Waals surface area contributed by atoms with E-state index in [0.29, 0.717) is 18.8 Å². The highest BCUT2D eigenvalue weighted by molar-refractivity contribution is 5.55. The lowest BCUT2D eigenvalue weighted by atomic mass is 10.2. The average molecular weight is 221 g/mol. The minimum absolute atomic E-state index is 0.105. The van der Waals surface area contributed by atoms with Crippen LogP contribution >= 0.6 is 0 Å². The van der Waals surface area contributed by atoms with Gasteiger partial charge in [0, 0.05) is 6.07 Å². The zero-order valence-corrected chi connectivity index (χ0v) is 8.48. The van der Waals surface area contributed by atoms with E-state index in [4.69, 9.17) is 5.84 Å². The van der Waals surface area contributed by atoms with Crippen LogP contribution < -0.4 is 5.84 Å². The number of benzene rings is 1. The minimum Gasteiger partial charge on any atom is -0.278 e. The van der Waals surface area contributed by atoms with Crippen LogP contribution in [0.1, 0.15) is 5.56 Å². The maximum absolute atomic E-state index is 10.8. The second-order valence-electron chi connectivity index (χ2n) is 3.44. The molecule has 0 aromatic heterocycles. The number of nitrogens with two attached hydrogens (primary N) is 1. The Hall–Kier alpha value is -2.15. The summed E-state index contributed by atoms with van der Waals surface area (Å²) in [6, 6.07) is 6.61. The molecule has 0 radical (unpaired) electrons. The second-order valence-corrected chi connectivity index (χ2v) is 3.44. The van der Waals surface area contributed by atoms with Crippen LogP contribution in [0.5, 0.6) is 0 Å². The van der Waals surface area contributed by atoms with Gasteiger partial charge in [0.15, 0.2) is 0 Å². The Morgan fingerprint density at radius 1 is 1.50 bits per heavy atom. The van der Waals surface area contributed by atoms with Crippen LogP contribution in [-0.2, 0) is 6.54 Å². The molecule has 84 valence electrons. The third-order valence-corrected chi connectivity index (χ3v) is 2.23. The van der Waals surface area contributed by atoms with Crippen LogP contribution in [0.3, 0.4) is 0 Å². The fourth-order valence-electron chi connectivity index (χ4n) is 1.51. The number of nitro benzene ring substituents is 1. The van der Waals surface area contributed by atoms with Crippen molar-refractivity contribution in [3.63, 3.8) is 0 Å². The summed E-state index contributed by atoms with van der Waals surface area (Å²) in [6.07, 6.45) is 1.48. The molecule has 16 heavy (non-hydrogen) atoms. The second kappa shape index (κ2) is 4.15. The van der Waals surface area contributed by atoms with Crippen LogP contribution in [-0.4, -0.2) is 27.9 Å². The van der Waals surface area contributed by atoms with Gasteiger partial charge in [-0.3, -0.25) is 20.1 Å². The van der Waals surface area contributed by atoms with E-state index in [9.17, 15) is 10.1 Å². The fraction of sp³-hybridized carbons (Fsp3) is 0.222. The highest BCUT2D eigenvalue weighted by atomic mass is 16.6. The Bertz CT molecular complexity index is 434. The number of hydrazone groups is 1. The number of hydrogen-bond acceptors (Lipinski definition) is 6. The van der Waals surface area contributed by atoms with Crippen LogP contribution in [0.4, 0.5) is 5.69 Å². The summed E-state index contributed by atoms with van der Waals surface area (Å²) in [5.74, 6) is 5.49. The molecule has 1 aromatic rings. The first-order valence-electron chi connectivity index (χ1n) is 4.69. The lowest BCUT2D eigenvalue weighted by Crippen LogP contribution is -2.31. The van der Waals surface area contributed by atoms with Gasteiger partial charge < -0.3 is 0 Å². The molecular weight excluding hydrogens is 210 g/mol. The van der Waals surface area contributed by atoms with E-state index in [-0.39, 0.29) is 5.69 Å². The van der Waals surface area contributed by atoms with Crippen molar-refractivity contribution in [1.29, 1.82) is 0 Å². The number of para-hydroxylation sites is 1. The van der Waals surface area contributed by atoms with E-state index < -0.39 is 4.92 Å². The summed E-state index contributed by atoms with van der Waals surface area (Å²) in [4.78, 5) is 10.4. The van der Waals surface area contributed by atoms with Gasteiger partial charge in [-0.2, -0.15) is 5.10 Å². The Balaban J connectivity index is 2.15. The molecule has 2 rings (SSSR count). The lowest BCUT2D eigenvalue weighted by Gasteiger charge is -2.15. The summed E-state index contributed by atoms with van der Waals surface area (Å²) in [5.41, 5.74) is 0.730. The molecule has 1 aliphatic rings. The fourth-order valence-corrected chi connectivity index (χ4v) is 1.51. The molecule has 1 aromatic carbocycles. The Kier molecular flexibility index (Phi) is 2.69. The Morgan fingerprint density at radius 2 is 2.25 bits per heavy atom. The van der Waals surface area contributed by atoms with Gasteiger partial charge >= 0.3 is 0 Å². The van der Waals surface area contributed by atoms with Crippen LogP contribution in [0.2, 0.25) is 0 Å². The van der Waals surface area contributed by atoms with E-state index >= 15 is 0 Å². The maximum Gasteiger partial charge on any atom is 0.274 e. The minimum atomic E-state index is -0.394. The van der Waals surface area contributed by atoms with Crippen LogP contribution in [0, 0.1) is 10.1 Å². The number of rotatable bonds is 3. The predicted octanol–water partition coefficient (Wildman–Crippen LogP) is 0.487. The average Bonchev–Trinajstić information content (AvgIpc) is 2.64. The third kappa shape index (κ3) is 2.09. The van der Waals surface area contributed by atoms with Gasteiger partial charge in [-0.15, -0.1) is 0 Å². The molecule has 0 fully saturated rings. The molecule has 2 N–H and O–H groups in total. The first-order chi connectivity index (χ1) is 7.66. The highest BCUT2D eigenvalue weighted by Crippen LogP contribution is 2.20. The standard InChI is InChI=1S/C9H11N5O2/c10-12-6-11-13(7-12)5-8-3-1-2-4-9(8)14(15)16/h1-4,6H,5,7,10H2. The zero-order chi connectivity index (χ0) is 11.5. The van der Waals surface area contributed by atoms with E-state index in [0.717, 1.165) is 0 Å². The highest BCUT2D eigenvalue weighted by Gasteiger charge is 2.17. The molecule has 1 aliphatic heterocycles. The summed E-state index contributed by atoms with van der Waals surface area (Å²) in [7, 11) is 0. The van der Waals surface area contributed by atoms with Gasteiger partial charge in [0.2, 0.25) is 0 Å². The Morgan fingerprint density at radius 3 is 2.88 bits per heavy atom. The van der Waals surface area contributed by atoms with Crippen molar-refractivity contribution in [2.75, 3.05) is 6.67 Å². The van der Waals surface area contributed by atoms with Gasteiger partial charge in [0.05, 0.1) is 17.0 Å². The van der Waals surface area contributed by atoms with Gasteiger partial charge in [-0.05, 0) is 0 Å². The van der Waals surface area contributed by atoms with E-state index in [1.165, 1.54) is 17.4 Å². The van der Waals surface area contributed by atoms with E-state index in [1.807, 2.05) is 0 Å². The Labute approximate surface area is 91.9 Å². The molecule has 0 spiro atoms. The molecule has 0 bridgehead atoms. The normalized spacial score (nSPS) is 14.6. The smallest absolute Gasteiger partial charge is 0.274 e. The van der Waals surface area contributed by atoms with Crippen molar-refractivity contribution in [3.05, 3.63) is 39.9 Å². The molecule has 1 heterocycles. The van der Waals surface area contributed by atoms with Crippen molar-refractivity contribution in [1.82, 2.24) is 10.0 Å². The lowest BCUT2D eigenvalue weighted by molar-refractivity contribution is -0.385. The largest absolute Gasteiger partial charge is 0.278 e. The summed E-state index contributed by atoms with van der Waals surface area (Å²) in [6.45, 7) is 0.813. The first-order valence-corrected chi connectivity index (χ1v) is 4.69. The SMILES string of the molecule is NN1C=NN(Cc2ccccc2[N+](=O)[O-])C1. The molecule has 0 unspecified atom stereocenters. The number of nitro groups is 1. The van der Waals surface area contributed by atoms with Crippen molar-refractivity contribution >= 4 is 12.0 Å². The first kappa shape index (κ1) is 10.4. The molecule has 7 nitrogen and oxygen atoms in total. The quantitative estimate of drug-likeness (QED) is 0.456. The summed E-state index contributed by atoms with van der Waals surface area (Å²) < 4.78 is 0. The monoisotopic (exact) mass is 221 g/mol. The molecule has 0 aliphatic carbocycles. The molecule has 0 saturated heterocycles. The van der Waals surface area contributed by atoms with E-state index in [1.54, 1.807) is 23.2 Å². The van der Waals surface area contributed by atoms with Crippen LogP contribution in [0.15, 0.2) is 29.4 Å². The zero-order valence-electron chi connectivity index (χ0n) is 8.48. The number of nitrogens with zero attached hydrogens (tertiary/aromatic N) is 4. The molecule has 0 saturated carbocycles. The maximum atomic E-state index is 10.8.